The number of nitrogens with zero attached hydrogens (tertiary/aromatic N) is 6. The molecule has 1 unspecified atom stereocenters. The Morgan fingerprint density at radius 1 is 0.758 bits per heavy atom. The normalized spacial score (nSPS) is 18.4. The highest BCUT2D eigenvalue weighted by Gasteiger charge is 2.34. The van der Waals surface area contributed by atoms with E-state index in [0.29, 0.717) is 67.6 Å². The summed E-state index contributed by atoms with van der Waals surface area (Å²) in [5.41, 5.74) is 1.08. The van der Waals surface area contributed by atoms with Crippen molar-refractivity contribution < 1.29 is 18.8 Å². The standard InChI is InChI=1S/C41H55FN8O4.2C3H8.C2H6/c1-43-38(31-7-3-2-4-8-31)41(54)50-19-17-47(18-20-50)27-29-13-15-46(16-14-29)28-37(51)48-21-23-49(24-22-48)40(53)34-25-30(11-12-35(34)42)26-36-32-9-5-6-10-33(32)39(52)45-44-36;2*1-3-2;1-2/h5-6,9-12,25,29,31,38,43H,2-4,7-8,13-24,26-28H2,1H3,(H,45,52);2*3H2,1-2H3;1-2H3. The minimum absolute atomic E-state index is 0.00339. The monoisotopic (exact) mass is 861 g/mol. The summed E-state index contributed by atoms with van der Waals surface area (Å²) in [6, 6.07) is 11.7. The van der Waals surface area contributed by atoms with Crippen LogP contribution in [-0.2, 0) is 16.0 Å². The van der Waals surface area contributed by atoms with Crippen LogP contribution < -0.4 is 10.9 Å². The number of nitrogens with one attached hydrogen (secondary N) is 2. The number of hydrogen-bond donors (Lipinski definition) is 2. The summed E-state index contributed by atoms with van der Waals surface area (Å²) >= 11 is 0. The molecule has 12 nitrogen and oxygen atoms in total. The first-order valence-corrected chi connectivity index (χ1v) is 23.8. The molecule has 3 aromatic rings. The van der Waals surface area contributed by atoms with Crippen molar-refractivity contribution in [3.8, 4) is 0 Å². The molecule has 3 amide bonds. The summed E-state index contributed by atoms with van der Waals surface area (Å²) in [7, 11) is 1.93. The fraction of sp³-hybridized carbons (Fsp3) is 0.653. The molecule has 1 aromatic heterocycles. The van der Waals surface area contributed by atoms with Crippen LogP contribution in [0.4, 0.5) is 4.39 Å². The van der Waals surface area contributed by atoms with Gasteiger partial charge in [0.15, 0.2) is 0 Å². The number of aromatic amines is 1. The predicted octanol–water partition coefficient (Wildman–Crippen LogP) is 6.82. The highest BCUT2D eigenvalue weighted by Crippen LogP contribution is 2.28. The van der Waals surface area contributed by atoms with Crippen LogP contribution in [0.1, 0.15) is 121 Å². The molecule has 2 N–H and O–H groups in total. The summed E-state index contributed by atoms with van der Waals surface area (Å²) in [6.45, 7) is 20.6. The zero-order valence-electron chi connectivity index (χ0n) is 39.0. The van der Waals surface area contributed by atoms with Gasteiger partial charge in [0.05, 0.1) is 29.2 Å². The molecule has 62 heavy (non-hydrogen) atoms. The number of piperazine rings is 2. The van der Waals surface area contributed by atoms with Crippen molar-refractivity contribution in [3.63, 3.8) is 0 Å². The molecule has 1 aliphatic carbocycles. The summed E-state index contributed by atoms with van der Waals surface area (Å²) < 4.78 is 15.0. The number of carbonyl (C=O) groups excluding carboxylic acids is 3. The lowest BCUT2D eigenvalue weighted by molar-refractivity contribution is -0.137. The first-order valence-electron chi connectivity index (χ1n) is 23.8. The van der Waals surface area contributed by atoms with Crippen LogP contribution in [0.15, 0.2) is 47.3 Å². The number of fused-ring (bicyclic) bond motifs is 1. The fourth-order valence-electron chi connectivity index (χ4n) is 9.03. The molecule has 3 aliphatic heterocycles. The van der Waals surface area contributed by atoms with Gasteiger partial charge in [0.25, 0.3) is 11.5 Å². The number of hydrogen-bond acceptors (Lipinski definition) is 8. The van der Waals surface area contributed by atoms with Crippen molar-refractivity contribution in [1.29, 1.82) is 0 Å². The second kappa shape index (κ2) is 26.4. The molecule has 7 rings (SSSR count). The van der Waals surface area contributed by atoms with Gasteiger partial charge >= 0.3 is 0 Å². The number of likely N-dealkylation sites (N-methyl/N-ethyl adjacent to an activating group) is 1. The van der Waals surface area contributed by atoms with E-state index in [2.05, 4.69) is 57.9 Å². The Labute approximate surface area is 371 Å². The van der Waals surface area contributed by atoms with E-state index in [-0.39, 0.29) is 29.0 Å². The smallest absolute Gasteiger partial charge is 0.272 e. The van der Waals surface area contributed by atoms with E-state index in [1.807, 2.05) is 37.9 Å². The van der Waals surface area contributed by atoms with Gasteiger partial charge in [-0.25, -0.2) is 9.49 Å². The van der Waals surface area contributed by atoms with E-state index in [4.69, 9.17) is 0 Å². The summed E-state index contributed by atoms with van der Waals surface area (Å²) in [5, 5.41) is 11.3. The number of aromatic nitrogens is 2. The van der Waals surface area contributed by atoms with Gasteiger partial charge < -0.3 is 20.0 Å². The predicted molar refractivity (Wildman–Crippen MR) is 249 cm³/mol. The third-order valence-electron chi connectivity index (χ3n) is 12.3. The van der Waals surface area contributed by atoms with Gasteiger partial charge in [-0.3, -0.25) is 29.0 Å². The Bertz CT molecular complexity index is 1880. The van der Waals surface area contributed by atoms with Crippen LogP contribution in [0, 0.1) is 17.7 Å². The quantitative estimate of drug-likeness (QED) is 0.228. The molecule has 4 aliphatic rings. The average molecular weight is 861 g/mol. The van der Waals surface area contributed by atoms with Gasteiger partial charge in [0.1, 0.15) is 5.82 Å². The summed E-state index contributed by atoms with van der Waals surface area (Å²) in [5.74, 6) is 0.422. The zero-order valence-corrected chi connectivity index (χ0v) is 39.0. The van der Waals surface area contributed by atoms with E-state index in [1.165, 1.54) is 38.2 Å². The molecule has 2 aromatic carbocycles. The highest BCUT2D eigenvalue weighted by atomic mass is 19.1. The van der Waals surface area contributed by atoms with E-state index < -0.39 is 11.7 Å². The zero-order chi connectivity index (χ0) is 45.0. The van der Waals surface area contributed by atoms with Gasteiger partial charge in [-0.1, -0.05) is 97.9 Å². The minimum Gasteiger partial charge on any atom is -0.339 e. The maximum Gasteiger partial charge on any atom is 0.272 e. The maximum absolute atomic E-state index is 15.0. The largest absolute Gasteiger partial charge is 0.339 e. The molecule has 4 fully saturated rings. The third-order valence-corrected chi connectivity index (χ3v) is 12.3. The van der Waals surface area contributed by atoms with Crippen LogP contribution in [-0.4, -0.2) is 144 Å². The average Bonchev–Trinajstić information content (AvgIpc) is 3.30. The van der Waals surface area contributed by atoms with Gasteiger partial charge in [-0.2, -0.15) is 5.10 Å². The minimum atomic E-state index is -0.588. The topological polar surface area (TPSA) is 125 Å². The molecule has 1 atom stereocenters. The van der Waals surface area contributed by atoms with Crippen LogP contribution in [0.3, 0.4) is 0 Å². The molecule has 13 heteroatoms. The van der Waals surface area contributed by atoms with E-state index in [1.54, 1.807) is 29.2 Å². The molecule has 3 saturated heterocycles. The van der Waals surface area contributed by atoms with E-state index >= 15 is 0 Å². The third kappa shape index (κ3) is 14.2. The fourth-order valence-corrected chi connectivity index (χ4v) is 9.03. The Hall–Kier alpha value is -4.20. The Balaban J connectivity index is 0.000000986. The lowest BCUT2D eigenvalue weighted by Crippen LogP contribution is -2.56. The number of halogens is 1. The van der Waals surface area contributed by atoms with E-state index in [9.17, 15) is 23.6 Å². The van der Waals surface area contributed by atoms with Crippen molar-refractivity contribution in [3.05, 3.63) is 75.5 Å². The number of H-pyrrole nitrogens is 1. The second-order valence-corrected chi connectivity index (χ2v) is 17.1. The number of likely N-dealkylation sites (tertiary alicyclic amines) is 1. The Morgan fingerprint density at radius 3 is 1.95 bits per heavy atom. The Morgan fingerprint density at radius 2 is 1.34 bits per heavy atom. The molecular formula is C49H77FN8O4. The van der Waals surface area contributed by atoms with Crippen molar-refractivity contribution >= 4 is 28.5 Å². The lowest BCUT2D eigenvalue weighted by Gasteiger charge is -2.41. The van der Waals surface area contributed by atoms with Crippen molar-refractivity contribution in [2.45, 2.75) is 112 Å². The molecule has 1 saturated carbocycles. The summed E-state index contributed by atoms with van der Waals surface area (Å²) in [4.78, 5) is 62.6. The number of amides is 3. The first kappa shape index (κ1) is 50.4. The lowest BCUT2D eigenvalue weighted by atomic mass is 9.83. The molecule has 4 heterocycles. The van der Waals surface area contributed by atoms with Gasteiger partial charge in [-0.05, 0) is 81.4 Å². The van der Waals surface area contributed by atoms with E-state index in [0.717, 1.165) is 76.9 Å². The van der Waals surface area contributed by atoms with Crippen LogP contribution in [0.2, 0.25) is 0 Å². The molecule has 0 spiro atoms. The summed E-state index contributed by atoms with van der Waals surface area (Å²) in [6.07, 6.45) is 11.0. The van der Waals surface area contributed by atoms with Crippen molar-refractivity contribution in [2.75, 3.05) is 85.6 Å². The maximum atomic E-state index is 15.0. The SMILES string of the molecule is CC.CCC.CCC.CNC(C(=O)N1CCN(CC2CCN(CC(=O)N3CCN(C(=O)c4cc(Cc5n[nH]c(=O)c6ccccc56)ccc4F)CC3)CC2)CC1)C1CCCCC1. The number of rotatable bonds is 10. The van der Waals surface area contributed by atoms with Crippen molar-refractivity contribution in [2.24, 2.45) is 11.8 Å². The number of benzene rings is 2. The number of carbonyl (C=O) groups is 3. The van der Waals surface area contributed by atoms with Gasteiger partial charge in [0, 0.05) is 70.7 Å². The van der Waals surface area contributed by atoms with Crippen LogP contribution >= 0.6 is 0 Å². The Kier molecular flexibility index (Phi) is 21.5. The van der Waals surface area contributed by atoms with Crippen LogP contribution in [0.25, 0.3) is 10.8 Å². The molecule has 0 radical (unpaired) electrons. The first-order chi connectivity index (χ1) is 30.1. The highest BCUT2D eigenvalue weighted by molar-refractivity contribution is 5.95. The molecule has 0 bridgehead atoms. The van der Waals surface area contributed by atoms with Gasteiger partial charge in [-0.15, -0.1) is 0 Å². The van der Waals surface area contributed by atoms with Crippen molar-refractivity contribution in [1.82, 2.24) is 40.0 Å². The second-order valence-electron chi connectivity index (χ2n) is 17.1. The van der Waals surface area contributed by atoms with Gasteiger partial charge in [0.2, 0.25) is 11.8 Å². The number of piperidine rings is 1. The molecule has 344 valence electrons. The van der Waals surface area contributed by atoms with Crippen LogP contribution in [0.5, 0.6) is 0 Å². The molecular weight excluding hydrogens is 784 g/mol.